The van der Waals surface area contributed by atoms with E-state index >= 15 is 0 Å². The number of carbonyl (C=O) groups excluding carboxylic acids is 2. The summed E-state index contributed by atoms with van der Waals surface area (Å²) >= 11 is 0. The summed E-state index contributed by atoms with van der Waals surface area (Å²) in [5, 5.41) is 10.3. The van der Waals surface area contributed by atoms with Crippen molar-refractivity contribution in [1.82, 2.24) is 14.9 Å². The fourth-order valence-corrected chi connectivity index (χ4v) is 5.80. The number of fused-ring (bicyclic) bond motifs is 1. The Balaban J connectivity index is 1.42. The number of benzene rings is 2. The molecule has 246 valence electrons. The van der Waals surface area contributed by atoms with Gasteiger partial charge in [0, 0.05) is 18.5 Å². The van der Waals surface area contributed by atoms with Gasteiger partial charge in [0.1, 0.15) is 40.7 Å². The highest BCUT2D eigenvalue weighted by atomic mass is 16.6. The van der Waals surface area contributed by atoms with Crippen LogP contribution in [0.4, 0.5) is 4.79 Å². The molecular weight excluding hydrogens is 600 g/mol. The predicted octanol–water partition coefficient (Wildman–Crippen LogP) is 5.88. The van der Waals surface area contributed by atoms with Crippen LogP contribution in [0.3, 0.4) is 0 Å². The number of phenols is 1. The number of likely N-dealkylation sites (tertiary alicyclic amines) is 1. The van der Waals surface area contributed by atoms with E-state index in [1.807, 2.05) is 45.0 Å². The van der Waals surface area contributed by atoms with Crippen LogP contribution in [0.5, 0.6) is 17.2 Å². The molecule has 3 heterocycles. The summed E-state index contributed by atoms with van der Waals surface area (Å²) < 4.78 is 18.3. The van der Waals surface area contributed by atoms with Crippen LogP contribution in [-0.2, 0) is 11.3 Å². The van der Waals surface area contributed by atoms with E-state index in [2.05, 4.69) is 4.98 Å². The van der Waals surface area contributed by atoms with Gasteiger partial charge in [-0.2, -0.15) is 0 Å². The molecule has 6 rings (SSSR count). The van der Waals surface area contributed by atoms with Crippen molar-refractivity contribution >= 4 is 23.0 Å². The Morgan fingerprint density at radius 2 is 1.68 bits per heavy atom. The lowest BCUT2D eigenvalue weighted by Crippen LogP contribution is -2.41. The zero-order chi connectivity index (χ0) is 33.3. The van der Waals surface area contributed by atoms with E-state index in [0.717, 1.165) is 24.0 Å². The molecule has 1 saturated heterocycles. The number of nitrogens with one attached hydrogen (secondary N) is 1. The van der Waals surface area contributed by atoms with Crippen LogP contribution in [-0.4, -0.2) is 57.3 Å². The lowest BCUT2D eigenvalue weighted by molar-refractivity contribution is 0.0205. The predicted molar refractivity (Wildman–Crippen MR) is 177 cm³/mol. The second-order valence-corrected chi connectivity index (χ2v) is 13.3. The smallest absolute Gasteiger partial charge is 0.410 e. The molecule has 1 aliphatic carbocycles. The van der Waals surface area contributed by atoms with Gasteiger partial charge in [0.05, 0.1) is 17.9 Å². The van der Waals surface area contributed by atoms with Crippen LogP contribution in [0, 0.1) is 5.92 Å². The lowest BCUT2D eigenvalue weighted by Gasteiger charge is -2.34. The number of aromatic amines is 1. The zero-order valence-corrected chi connectivity index (χ0v) is 26.9. The first-order chi connectivity index (χ1) is 22.4. The SMILES string of the molecule is CC(C)(C)OC(=O)N1CCC(c2cc(-c3c(OCc4ccc(O)cc4)cccc3OCC3CC3)nc3[nH]c(=O)c(C(N)=O)cc23)CC1. The van der Waals surface area contributed by atoms with Gasteiger partial charge in [0.15, 0.2) is 0 Å². The monoisotopic (exact) mass is 640 g/mol. The standard InChI is InChI=1S/C36H40N4O7/c1-36(2,3)47-35(44)40-15-13-23(14-16-40)25-18-28(38-33-26(25)17-27(32(37)42)34(43)39-33)31-29(45-19-21-7-8-21)5-4-6-30(31)46-20-22-9-11-24(41)12-10-22/h4-6,9-12,17-18,21,23,41H,7-8,13-16,19-20H2,1-3H3,(H2,37,42)(H,38,39,43). The first-order valence-corrected chi connectivity index (χ1v) is 16.0. The van der Waals surface area contributed by atoms with E-state index in [-0.39, 0.29) is 29.9 Å². The fourth-order valence-electron chi connectivity index (χ4n) is 5.80. The first kappa shape index (κ1) is 31.9. The van der Waals surface area contributed by atoms with Crippen molar-refractivity contribution in [3.05, 3.63) is 81.6 Å². The molecule has 11 heteroatoms. The topological polar surface area (TPSA) is 157 Å². The van der Waals surface area contributed by atoms with Crippen LogP contribution >= 0.6 is 0 Å². The van der Waals surface area contributed by atoms with Gasteiger partial charge in [-0.05, 0) is 106 Å². The number of ether oxygens (including phenoxy) is 3. The molecule has 0 radical (unpaired) electrons. The Morgan fingerprint density at radius 3 is 2.32 bits per heavy atom. The quantitative estimate of drug-likeness (QED) is 0.205. The molecule has 47 heavy (non-hydrogen) atoms. The normalized spacial score (nSPS) is 15.4. The van der Waals surface area contributed by atoms with Crippen molar-refractivity contribution in [3.8, 4) is 28.5 Å². The molecule has 2 aromatic heterocycles. The van der Waals surface area contributed by atoms with Gasteiger partial charge in [0.2, 0.25) is 0 Å². The number of nitrogens with zero attached hydrogens (tertiary/aromatic N) is 2. The van der Waals surface area contributed by atoms with Gasteiger partial charge < -0.3 is 34.9 Å². The number of nitrogens with two attached hydrogens (primary N) is 1. The van der Waals surface area contributed by atoms with Crippen LogP contribution in [0.15, 0.2) is 59.4 Å². The van der Waals surface area contributed by atoms with Crippen molar-refractivity contribution in [3.63, 3.8) is 0 Å². The Bertz CT molecular complexity index is 1850. The molecule has 2 fully saturated rings. The zero-order valence-electron chi connectivity index (χ0n) is 26.9. The van der Waals surface area contributed by atoms with Crippen LogP contribution in [0.2, 0.25) is 0 Å². The number of primary amides is 1. The first-order valence-electron chi connectivity index (χ1n) is 16.0. The molecule has 4 N–H and O–H groups in total. The number of carbonyl (C=O) groups is 2. The van der Waals surface area contributed by atoms with E-state index < -0.39 is 17.1 Å². The average Bonchev–Trinajstić information content (AvgIpc) is 3.86. The maximum atomic E-state index is 12.9. The third-order valence-corrected chi connectivity index (χ3v) is 8.45. The third kappa shape index (κ3) is 7.51. The molecule has 0 atom stereocenters. The molecule has 2 aliphatic rings. The van der Waals surface area contributed by atoms with Gasteiger partial charge in [0.25, 0.3) is 11.5 Å². The minimum Gasteiger partial charge on any atom is -0.508 e. The van der Waals surface area contributed by atoms with Crippen molar-refractivity contribution in [2.24, 2.45) is 11.7 Å². The highest BCUT2D eigenvalue weighted by Gasteiger charge is 2.30. The largest absolute Gasteiger partial charge is 0.508 e. The van der Waals surface area contributed by atoms with Crippen molar-refractivity contribution in [2.45, 2.75) is 64.6 Å². The number of aromatic nitrogens is 2. The number of hydrogen-bond donors (Lipinski definition) is 3. The van der Waals surface area contributed by atoms with E-state index in [1.54, 1.807) is 29.2 Å². The molecule has 0 spiro atoms. The van der Waals surface area contributed by atoms with E-state index in [4.69, 9.17) is 24.9 Å². The van der Waals surface area contributed by atoms with Gasteiger partial charge >= 0.3 is 6.09 Å². The summed E-state index contributed by atoms with van der Waals surface area (Å²) in [4.78, 5) is 47.3. The van der Waals surface area contributed by atoms with E-state index in [0.29, 0.717) is 72.2 Å². The van der Waals surface area contributed by atoms with E-state index in [9.17, 15) is 19.5 Å². The molecule has 0 unspecified atom stereocenters. The van der Waals surface area contributed by atoms with Gasteiger partial charge in [-0.1, -0.05) is 18.2 Å². The summed E-state index contributed by atoms with van der Waals surface area (Å²) in [5.74, 6) is 0.970. The maximum Gasteiger partial charge on any atom is 0.410 e. The lowest BCUT2D eigenvalue weighted by atomic mass is 9.86. The van der Waals surface area contributed by atoms with Crippen LogP contribution in [0.25, 0.3) is 22.3 Å². The number of phenolic OH excluding ortho intramolecular Hbond substituents is 1. The highest BCUT2D eigenvalue weighted by Crippen LogP contribution is 2.42. The Kier molecular flexibility index (Phi) is 8.81. The molecule has 11 nitrogen and oxygen atoms in total. The number of H-pyrrole nitrogens is 1. The second kappa shape index (κ2) is 13.0. The van der Waals surface area contributed by atoms with Crippen molar-refractivity contribution in [2.75, 3.05) is 19.7 Å². The summed E-state index contributed by atoms with van der Waals surface area (Å²) in [6.45, 7) is 7.29. The molecule has 4 aromatic rings. The van der Waals surface area contributed by atoms with Crippen molar-refractivity contribution < 1.29 is 28.9 Å². The van der Waals surface area contributed by atoms with Crippen LogP contribution < -0.4 is 20.8 Å². The summed E-state index contributed by atoms with van der Waals surface area (Å²) in [6.07, 6.45) is 3.15. The summed E-state index contributed by atoms with van der Waals surface area (Å²) in [5.41, 5.74) is 7.42. The number of hydrogen-bond acceptors (Lipinski definition) is 8. The summed E-state index contributed by atoms with van der Waals surface area (Å²) in [7, 11) is 0. The Morgan fingerprint density at radius 1 is 1.00 bits per heavy atom. The fraction of sp³-hybridized carbons (Fsp3) is 0.389. The van der Waals surface area contributed by atoms with Gasteiger partial charge in [-0.3, -0.25) is 9.59 Å². The molecule has 2 aromatic carbocycles. The molecule has 1 saturated carbocycles. The number of aromatic hydroxyl groups is 1. The highest BCUT2D eigenvalue weighted by molar-refractivity contribution is 5.97. The molecular formula is C36H40N4O7. The van der Waals surface area contributed by atoms with Gasteiger partial charge in [-0.15, -0.1) is 0 Å². The van der Waals surface area contributed by atoms with E-state index in [1.165, 1.54) is 6.07 Å². The minimum absolute atomic E-state index is 0.0227. The number of pyridine rings is 2. The number of piperidine rings is 1. The number of amides is 2. The molecule has 1 aliphatic heterocycles. The number of rotatable bonds is 9. The Labute approximate surface area is 272 Å². The maximum absolute atomic E-state index is 12.9. The summed E-state index contributed by atoms with van der Waals surface area (Å²) in [6, 6.07) is 15.9. The average molecular weight is 641 g/mol. The third-order valence-electron chi connectivity index (χ3n) is 8.45. The minimum atomic E-state index is -0.827. The molecule has 2 amide bonds. The Hall–Kier alpha value is -5.06. The van der Waals surface area contributed by atoms with Crippen LogP contribution in [0.1, 0.15) is 73.9 Å². The molecule has 0 bridgehead atoms. The van der Waals surface area contributed by atoms with Gasteiger partial charge in [-0.25, -0.2) is 9.78 Å². The second-order valence-electron chi connectivity index (χ2n) is 13.3. The van der Waals surface area contributed by atoms with Crippen molar-refractivity contribution in [1.29, 1.82) is 0 Å².